The van der Waals surface area contributed by atoms with E-state index in [9.17, 15) is 9.00 Å². The van der Waals surface area contributed by atoms with Gasteiger partial charge in [0.15, 0.2) is 11.1 Å². The van der Waals surface area contributed by atoms with Crippen LogP contribution in [-0.4, -0.2) is 17.5 Å². The Morgan fingerprint density at radius 2 is 2.09 bits per heavy atom. The highest BCUT2D eigenvalue weighted by Crippen LogP contribution is 2.46. The zero-order valence-electron chi connectivity index (χ0n) is 6.05. The number of carbonyl (C=O) groups excluding carboxylic acids is 1. The summed E-state index contributed by atoms with van der Waals surface area (Å²) in [5.74, 6) is -0.186. The fraction of sp³-hybridized carbons (Fsp3) is 0.800. The van der Waals surface area contributed by atoms with Crippen molar-refractivity contribution in [3.8, 4) is 0 Å². The number of hydrogen-bond acceptors (Lipinski definition) is 2. The van der Waals surface area contributed by atoms with Gasteiger partial charge in [0.05, 0.1) is 5.41 Å². The molecule has 6 heteroatoms. The van der Waals surface area contributed by atoms with Crippen molar-refractivity contribution in [2.24, 2.45) is 5.41 Å². The van der Waals surface area contributed by atoms with E-state index in [0.29, 0.717) is 0 Å². The van der Waals surface area contributed by atoms with E-state index < -0.39 is 19.4 Å². The number of rotatable bonds is 1. The molecular formula is C5H8INO3S. The minimum atomic E-state index is -2.02. The molecule has 0 aliphatic carbocycles. The van der Waals surface area contributed by atoms with Crippen LogP contribution in [0, 0.1) is 5.41 Å². The maximum Gasteiger partial charge on any atom is 0.231 e. The van der Waals surface area contributed by atoms with Crippen molar-refractivity contribution >= 4 is 39.6 Å². The van der Waals surface area contributed by atoms with Gasteiger partial charge in [-0.05, 0) is 36.4 Å². The van der Waals surface area contributed by atoms with Gasteiger partial charge in [-0.1, -0.05) is 0 Å². The van der Waals surface area contributed by atoms with E-state index in [1.54, 1.807) is 36.4 Å². The number of nitrogens with one attached hydrogen (secondary N) is 1. The monoisotopic (exact) mass is 289 g/mol. The Balaban J connectivity index is 2.96. The number of carbonyl (C=O) groups is 1. The van der Waals surface area contributed by atoms with Gasteiger partial charge in [0.1, 0.15) is 0 Å². The first-order chi connectivity index (χ1) is 4.82. The molecule has 1 amide bonds. The SMILES string of the molecule is CC1(C)C(=O)N[C@]1(I)S(=O)O. The summed E-state index contributed by atoms with van der Waals surface area (Å²) >= 11 is -0.232. The van der Waals surface area contributed by atoms with E-state index in [1.807, 2.05) is 0 Å². The van der Waals surface area contributed by atoms with Crippen LogP contribution < -0.4 is 5.32 Å². The minimum Gasteiger partial charge on any atom is -0.328 e. The van der Waals surface area contributed by atoms with E-state index >= 15 is 0 Å². The Morgan fingerprint density at radius 1 is 1.64 bits per heavy atom. The fourth-order valence-electron chi connectivity index (χ4n) is 0.804. The summed E-state index contributed by atoms with van der Waals surface area (Å²) in [6.07, 6.45) is 0. The van der Waals surface area contributed by atoms with E-state index in [0.717, 1.165) is 0 Å². The smallest absolute Gasteiger partial charge is 0.231 e. The summed E-state index contributed by atoms with van der Waals surface area (Å²) in [6.45, 7) is 3.29. The molecule has 0 bridgehead atoms. The van der Waals surface area contributed by atoms with Gasteiger partial charge in [-0.2, -0.15) is 0 Å². The van der Waals surface area contributed by atoms with Crippen LogP contribution in [0.4, 0.5) is 0 Å². The highest BCUT2D eigenvalue weighted by Gasteiger charge is 2.63. The molecule has 1 fully saturated rings. The Bertz CT molecular complexity index is 242. The third-order valence-corrected chi connectivity index (χ3v) is 5.73. The van der Waals surface area contributed by atoms with Crippen molar-refractivity contribution < 1.29 is 13.6 Å². The van der Waals surface area contributed by atoms with Crippen molar-refractivity contribution in [3.63, 3.8) is 0 Å². The molecular weight excluding hydrogens is 281 g/mol. The Kier molecular flexibility index (Phi) is 2.05. The third-order valence-electron chi connectivity index (χ3n) is 1.89. The first-order valence-corrected chi connectivity index (χ1v) is 5.13. The highest BCUT2D eigenvalue weighted by molar-refractivity contribution is 14.1. The van der Waals surface area contributed by atoms with Crippen LogP contribution in [0.15, 0.2) is 0 Å². The van der Waals surface area contributed by atoms with Gasteiger partial charge in [0, 0.05) is 0 Å². The van der Waals surface area contributed by atoms with E-state index in [4.69, 9.17) is 4.55 Å². The normalized spacial score (nSPS) is 37.3. The molecule has 1 aliphatic rings. The van der Waals surface area contributed by atoms with Crippen LogP contribution in [0.2, 0.25) is 0 Å². The number of hydrogen-bond donors (Lipinski definition) is 2. The Hall–Kier alpha value is 0.310. The molecule has 0 spiro atoms. The maximum absolute atomic E-state index is 10.9. The minimum absolute atomic E-state index is 0.186. The largest absolute Gasteiger partial charge is 0.328 e. The molecule has 1 heterocycles. The van der Waals surface area contributed by atoms with Crippen molar-refractivity contribution in [2.45, 2.75) is 16.7 Å². The van der Waals surface area contributed by atoms with Gasteiger partial charge < -0.3 is 9.87 Å². The molecule has 0 saturated carbocycles. The average molecular weight is 289 g/mol. The molecule has 0 aromatic carbocycles. The average Bonchev–Trinajstić information content (AvgIpc) is 1.87. The first kappa shape index (κ1) is 9.40. The van der Waals surface area contributed by atoms with Gasteiger partial charge >= 0.3 is 0 Å². The molecule has 1 aliphatic heterocycles. The third kappa shape index (κ3) is 1.03. The number of alkyl halides is 1. The topological polar surface area (TPSA) is 66.4 Å². The fourth-order valence-corrected chi connectivity index (χ4v) is 2.00. The van der Waals surface area contributed by atoms with Crippen molar-refractivity contribution in [1.82, 2.24) is 5.32 Å². The van der Waals surface area contributed by atoms with E-state index in [2.05, 4.69) is 5.32 Å². The summed E-state index contributed by atoms with van der Waals surface area (Å²) < 4.78 is 18.6. The quantitative estimate of drug-likeness (QED) is 0.242. The highest BCUT2D eigenvalue weighted by atomic mass is 127. The predicted molar refractivity (Wildman–Crippen MR) is 49.4 cm³/mol. The molecule has 0 radical (unpaired) electrons. The predicted octanol–water partition coefficient (Wildman–Crippen LogP) is 0.453. The maximum atomic E-state index is 10.9. The standard InChI is InChI=1S/C5H8INO3S/c1-4(2)3(8)7-5(4,6)11(9)10/h1-2H3,(H,7,8)(H,9,10)/t5-/m0/s1. The lowest BCUT2D eigenvalue weighted by atomic mass is 9.85. The second kappa shape index (κ2) is 2.40. The van der Waals surface area contributed by atoms with Crippen LogP contribution in [0.5, 0.6) is 0 Å². The zero-order chi connectivity index (χ0) is 8.86. The van der Waals surface area contributed by atoms with Crippen LogP contribution in [-0.2, 0) is 15.9 Å². The van der Waals surface area contributed by atoms with Crippen LogP contribution in [0.1, 0.15) is 13.8 Å². The number of amides is 1. The van der Waals surface area contributed by atoms with E-state index in [-0.39, 0.29) is 5.91 Å². The molecule has 0 aromatic rings. The van der Waals surface area contributed by atoms with Gasteiger partial charge in [-0.3, -0.25) is 4.79 Å². The summed E-state index contributed by atoms with van der Waals surface area (Å²) in [7, 11) is 0. The summed E-state index contributed by atoms with van der Waals surface area (Å²) in [5.41, 5.74) is -0.757. The lowest BCUT2D eigenvalue weighted by Crippen LogP contribution is -2.72. The van der Waals surface area contributed by atoms with Gasteiger partial charge in [-0.15, -0.1) is 0 Å². The van der Waals surface area contributed by atoms with Crippen molar-refractivity contribution in [1.29, 1.82) is 0 Å². The molecule has 1 saturated heterocycles. The molecule has 11 heavy (non-hydrogen) atoms. The number of halogens is 1. The van der Waals surface area contributed by atoms with Crippen molar-refractivity contribution in [3.05, 3.63) is 0 Å². The molecule has 4 nitrogen and oxygen atoms in total. The van der Waals surface area contributed by atoms with Gasteiger partial charge in [-0.25, -0.2) is 4.21 Å². The Labute approximate surface area is 80.5 Å². The molecule has 1 rings (SSSR count). The number of β-lactam (4-membered cyclic amide) rings is 1. The Morgan fingerprint density at radius 3 is 2.18 bits per heavy atom. The lowest BCUT2D eigenvalue weighted by molar-refractivity contribution is -0.140. The first-order valence-electron chi connectivity index (χ1n) is 2.95. The van der Waals surface area contributed by atoms with Gasteiger partial charge in [0.25, 0.3) is 0 Å². The summed E-state index contributed by atoms with van der Waals surface area (Å²) in [6, 6.07) is 0. The second-order valence-corrected chi connectivity index (χ2v) is 6.38. The van der Waals surface area contributed by atoms with Crippen LogP contribution in [0.3, 0.4) is 0 Å². The molecule has 2 atom stereocenters. The summed E-state index contributed by atoms with van der Waals surface area (Å²) in [5, 5.41) is 2.41. The molecule has 1 unspecified atom stereocenters. The van der Waals surface area contributed by atoms with Gasteiger partial charge in [0.2, 0.25) is 8.78 Å². The van der Waals surface area contributed by atoms with Crippen LogP contribution in [0.25, 0.3) is 0 Å². The molecule has 0 aromatic heterocycles. The summed E-state index contributed by atoms with van der Waals surface area (Å²) in [4.78, 5) is 10.9. The van der Waals surface area contributed by atoms with Crippen molar-refractivity contribution in [2.75, 3.05) is 0 Å². The zero-order valence-corrected chi connectivity index (χ0v) is 9.02. The van der Waals surface area contributed by atoms with Crippen LogP contribution >= 0.6 is 22.6 Å². The molecule has 2 N–H and O–H groups in total. The second-order valence-electron chi connectivity index (χ2n) is 2.92. The van der Waals surface area contributed by atoms with E-state index in [1.165, 1.54) is 0 Å². The lowest BCUT2D eigenvalue weighted by Gasteiger charge is -2.48. The molecule has 64 valence electrons.